The van der Waals surface area contributed by atoms with E-state index in [1.54, 1.807) is 0 Å². The van der Waals surface area contributed by atoms with E-state index < -0.39 is 29.0 Å². The second-order valence-electron chi connectivity index (χ2n) is 3.96. The van der Waals surface area contributed by atoms with Crippen molar-refractivity contribution >= 4 is 17.1 Å². The molecular weight excluding hydrogens is 276 g/mol. The summed E-state index contributed by atoms with van der Waals surface area (Å²) in [6.07, 6.45) is 0. The van der Waals surface area contributed by atoms with Crippen LogP contribution in [0.15, 0.2) is 24.3 Å². The maximum absolute atomic E-state index is 13.5. The number of benzene rings is 2. The fourth-order valence-corrected chi connectivity index (χ4v) is 1.64. The molecule has 0 radical (unpaired) electrons. The van der Waals surface area contributed by atoms with Crippen LogP contribution in [0.25, 0.3) is 0 Å². The fourth-order valence-electron chi connectivity index (χ4n) is 1.64. The summed E-state index contributed by atoms with van der Waals surface area (Å²) in [5, 5.41) is 2.25. The molecule has 0 bridgehead atoms. The number of hydrogen-bond acceptors (Lipinski definition) is 3. The Labute approximate surface area is 112 Å². The third-order valence-corrected chi connectivity index (χ3v) is 2.55. The quantitative estimate of drug-likeness (QED) is 0.515. The lowest BCUT2D eigenvalue weighted by Crippen LogP contribution is -2.03. The Morgan fingerprint density at radius 2 is 1.55 bits per heavy atom. The summed E-state index contributed by atoms with van der Waals surface area (Å²) >= 11 is 0. The Balaban J connectivity index is 2.47. The first kappa shape index (κ1) is 14.0. The van der Waals surface area contributed by atoms with Gasteiger partial charge in [-0.25, -0.2) is 17.6 Å². The van der Waals surface area contributed by atoms with E-state index in [9.17, 15) is 17.6 Å². The number of nitrogens with one attached hydrogen (secondary N) is 1. The van der Waals surface area contributed by atoms with Gasteiger partial charge in [0.2, 0.25) is 0 Å². The van der Waals surface area contributed by atoms with E-state index in [0.29, 0.717) is 5.75 Å². The van der Waals surface area contributed by atoms with E-state index in [-0.39, 0.29) is 17.4 Å². The molecule has 20 heavy (non-hydrogen) atoms. The number of anilines is 3. The molecule has 3 nitrogen and oxygen atoms in total. The van der Waals surface area contributed by atoms with Crippen LogP contribution in [0.1, 0.15) is 0 Å². The summed E-state index contributed by atoms with van der Waals surface area (Å²) in [4.78, 5) is 0. The summed E-state index contributed by atoms with van der Waals surface area (Å²) in [7, 11) is 1.38. The molecule has 7 heteroatoms. The largest absolute Gasteiger partial charge is 0.497 e. The van der Waals surface area contributed by atoms with E-state index in [2.05, 4.69) is 5.32 Å². The van der Waals surface area contributed by atoms with Crippen LogP contribution in [0, 0.1) is 23.3 Å². The topological polar surface area (TPSA) is 47.3 Å². The van der Waals surface area contributed by atoms with Gasteiger partial charge < -0.3 is 15.8 Å². The van der Waals surface area contributed by atoms with Crippen LogP contribution in [-0.4, -0.2) is 7.11 Å². The van der Waals surface area contributed by atoms with Crippen LogP contribution in [0.3, 0.4) is 0 Å². The molecule has 2 aromatic rings. The standard InChI is InChI=1S/C13H10F4N2O/c1-20-8-3-6(18)2-7(4-8)19-13-11(16)9(14)5-10(15)12(13)17/h2-5,19H,18H2,1H3. The molecule has 0 unspecified atom stereocenters. The Morgan fingerprint density at radius 1 is 0.950 bits per heavy atom. The van der Waals surface area contributed by atoms with Gasteiger partial charge in [0.05, 0.1) is 7.11 Å². The van der Waals surface area contributed by atoms with Gasteiger partial charge in [-0.15, -0.1) is 0 Å². The zero-order valence-electron chi connectivity index (χ0n) is 10.3. The minimum atomic E-state index is -1.52. The van der Waals surface area contributed by atoms with E-state index in [1.165, 1.54) is 25.3 Å². The normalized spacial score (nSPS) is 10.4. The molecule has 2 aromatic carbocycles. The molecular formula is C13H10F4N2O. The molecule has 0 heterocycles. The van der Waals surface area contributed by atoms with Crippen molar-refractivity contribution in [3.05, 3.63) is 47.5 Å². The maximum Gasteiger partial charge on any atom is 0.185 e. The second kappa shape index (κ2) is 5.28. The highest BCUT2D eigenvalue weighted by molar-refractivity contribution is 5.67. The lowest BCUT2D eigenvalue weighted by atomic mass is 10.2. The van der Waals surface area contributed by atoms with Gasteiger partial charge in [0, 0.05) is 29.6 Å². The highest BCUT2D eigenvalue weighted by atomic mass is 19.2. The van der Waals surface area contributed by atoms with Gasteiger partial charge >= 0.3 is 0 Å². The van der Waals surface area contributed by atoms with E-state index in [0.717, 1.165) is 0 Å². The van der Waals surface area contributed by atoms with E-state index in [4.69, 9.17) is 10.5 Å². The van der Waals surface area contributed by atoms with Crippen molar-refractivity contribution in [2.45, 2.75) is 0 Å². The smallest absolute Gasteiger partial charge is 0.185 e. The number of methoxy groups -OCH3 is 1. The Morgan fingerprint density at radius 3 is 2.10 bits per heavy atom. The van der Waals surface area contributed by atoms with Crippen molar-refractivity contribution < 1.29 is 22.3 Å². The summed E-state index contributed by atoms with van der Waals surface area (Å²) in [6.45, 7) is 0. The van der Waals surface area contributed by atoms with Gasteiger partial charge in [-0.05, 0) is 6.07 Å². The zero-order valence-corrected chi connectivity index (χ0v) is 10.3. The van der Waals surface area contributed by atoms with Crippen molar-refractivity contribution in [2.24, 2.45) is 0 Å². The van der Waals surface area contributed by atoms with Crippen molar-refractivity contribution in [1.82, 2.24) is 0 Å². The van der Waals surface area contributed by atoms with E-state index in [1.807, 2.05) is 0 Å². The SMILES string of the molecule is COc1cc(N)cc(Nc2c(F)c(F)cc(F)c2F)c1. The minimum Gasteiger partial charge on any atom is -0.497 e. The predicted octanol–water partition coefficient (Wildman–Crippen LogP) is 3.58. The molecule has 0 amide bonds. The first-order chi connectivity index (χ1) is 9.42. The molecule has 0 fully saturated rings. The van der Waals surface area contributed by atoms with Crippen molar-refractivity contribution in [3.8, 4) is 5.75 Å². The molecule has 0 aliphatic heterocycles. The third kappa shape index (κ3) is 2.61. The first-order valence-electron chi connectivity index (χ1n) is 5.47. The summed E-state index contributed by atoms with van der Waals surface area (Å²) in [5.41, 5.74) is 5.02. The van der Waals surface area contributed by atoms with Crippen LogP contribution < -0.4 is 15.8 Å². The second-order valence-corrected chi connectivity index (χ2v) is 3.96. The van der Waals surface area contributed by atoms with Gasteiger partial charge in [0.25, 0.3) is 0 Å². The molecule has 0 spiro atoms. The summed E-state index contributed by atoms with van der Waals surface area (Å²) in [5.74, 6) is -5.72. The Bertz CT molecular complexity index is 635. The lowest BCUT2D eigenvalue weighted by molar-refractivity contribution is 0.415. The summed E-state index contributed by atoms with van der Waals surface area (Å²) in [6, 6.07) is 4.32. The summed E-state index contributed by atoms with van der Waals surface area (Å²) < 4.78 is 58.1. The van der Waals surface area contributed by atoms with Crippen LogP contribution in [0.5, 0.6) is 5.75 Å². The molecule has 0 saturated heterocycles. The molecule has 2 rings (SSSR count). The number of nitrogen functional groups attached to an aromatic ring is 1. The highest BCUT2D eigenvalue weighted by Gasteiger charge is 2.19. The number of rotatable bonds is 3. The van der Waals surface area contributed by atoms with Gasteiger partial charge in [0.1, 0.15) is 11.4 Å². The number of halogens is 4. The minimum absolute atomic E-state index is 0.129. The molecule has 0 aliphatic rings. The maximum atomic E-state index is 13.5. The van der Waals surface area contributed by atoms with Gasteiger partial charge in [-0.3, -0.25) is 0 Å². The molecule has 3 N–H and O–H groups in total. The average Bonchev–Trinajstić information content (AvgIpc) is 2.40. The van der Waals surface area contributed by atoms with Gasteiger partial charge in [0.15, 0.2) is 23.3 Å². The monoisotopic (exact) mass is 286 g/mol. The van der Waals surface area contributed by atoms with Crippen LogP contribution in [-0.2, 0) is 0 Å². The molecule has 106 valence electrons. The molecule has 0 saturated carbocycles. The third-order valence-electron chi connectivity index (χ3n) is 2.55. The number of ether oxygens (including phenoxy) is 1. The highest BCUT2D eigenvalue weighted by Crippen LogP contribution is 2.30. The Hall–Kier alpha value is -2.44. The predicted molar refractivity (Wildman–Crippen MR) is 67.0 cm³/mol. The van der Waals surface area contributed by atoms with Gasteiger partial charge in [-0.1, -0.05) is 0 Å². The molecule has 0 aromatic heterocycles. The number of nitrogens with two attached hydrogens (primary N) is 1. The van der Waals surface area contributed by atoms with Crippen LogP contribution >= 0.6 is 0 Å². The number of hydrogen-bond donors (Lipinski definition) is 2. The average molecular weight is 286 g/mol. The fraction of sp³-hybridized carbons (Fsp3) is 0.0769. The van der Waals surface area contributed by atoms with Gasteiger partial charge in [-0.2, -0.15) is 0 Å². The van der Waals surface area contributed by atoms with E-state index >= 15 is 0 Å². The van der Waals surface area contributed by atoms with Crippen LogP contribution in [0.2, 0.25) is 0 Å². The zero-order chi connectivity index (χ0) is 14.9. The molecule has 0 atom stereocenters. The van der Waals surface area contributed by atoms with Crippen molar-refractivity contribution in [3.63, 3.8) is 0 Å². The first-order valence-corrected chi connectivity index (χ1v) is 5.47. The molecule has 0 aliphatic carbocycles. The van der Waals surface area contributed by atoms with Crippen molar-refractivity contribution in [1.29, 1.82) is 0 Å². The Kier molecular flexibility index (Phi) is 3.69. The lowest BCUT2D eigenvalue weighted by Gasteiger charge is -2.12. The van der Waals surface area contributed by atoms with Crippen molar-refractivity contribution in [2.75, 3.05) is 18.2 Å². The van der Waals surface area contributed by atoms with Crippen LogP contribution in [0.4, 0.5) is 34.6 Å².